The fourth-order valence-electron chi connectivity index (χ4n) is 7.92. The highest BCUT2D eigenvalue weighted by atomic mass is 16.6. The number of carbonyl (C=O) groups excluding carboxylic acids is 2. The van der Waals surface area contributed by atoms with E-state index in [-0.39, 0.29) is 17.4 Å². The highest BCUT2D eigenvalue weighted by Crippen LogP contribution is 2.66. The second-order valence-electron chi connectivity index (χ2n) is 12.2. The number of oxime groups is 1. The second-order valence-corrected chi connectivity index (χ2v) is 12.2. The van der Waals surface area contributed by atoms with Crippen molar-refractivity contribution in [3.63, 3.8) is 0 Å². The van der Waals surface area contributed by atoms with Crippen LogP contribution in [0.1, 0.15) is 70.9 Å². The van der Waals surface area contributed by atoms with Gasteiger partial charge in [0.25, 0.3) is 5.91 Å². The average Bonchev–Trinajstić information content (AvgIpc) is 3.16. The van der Waals surface area contributed by atoms with Crippen molar-refractivity contribution < 1.29 is 24.3 Å². The van der Waals surface area contributed by atoms with Crippen LogP contribution in [-0.2, 0) is 19.2 Å². The maximum Gasteiger partial charge on any atom is 0.333 e. The van der Waals surface area contributed by atoms with E-state index in [0.29, 0.717) is 29.0 Å². The van der Waals surface area contributed by atoms with Gasteiger partial charge in [0.1, 0.15) is 5.71 Å². The zero-order chi connectivity index (χ0) is 27.1. The van der Waals surface area contributed by atoms with E-state index in [1.54, 1.807) is 24.3 Å². The van der Waals surface area contributed by atoms with Crippen LogP contribution < -0.4 is 5.32 Å². The highest BCUT2D eigenvalue weighted by molar-refractivity contribution is 6.05. The highest BCUT2D eigenvalue weighted by Gasteiger charge is 2.61. The minimum Gasteiger partial charge on any atom is -0.467 e. The van der Waals surface area contributed by atoms with Gasteiger partial charge in [-0.25, -0.2) is 4.79 Å². The minimum absolute atomic E-state index is 0.0124. The van der Waals surface area contributed by atoms with Gasteiger partial charge in [0, 0.05) is 5.41 Å². The molecule has 1 amide bonds. The van der Waals surface area contributed by atoms with Crippen LogP contribution in [-0.4, -0.2) is 42.0 Å². The number of hydrogen-bond donors (Lipinski definition) is 2. The van der Waals surface area contributed by atoms with Crippen LogP contribution in [0.5, 0.6) is 0 Å². The third kappa shape index (κ3) is 4.49. The van der Waals surface area contributed by atoms with Crippen LogP contribution >= 0.6 is 0 Å². The first kappa shape index (κ1) is 26.7. The van der Waals surface area contributed by atoms with E-state index < -0.39 is 23.5 Å². The van der Waals surface area contributed by atoms with Gasteiger partial charge in [0.05, 0.1) is 12.7 Å². The monoisotopic (exact) mass is 520 g/mol. The summed E-state index contributed by atoms with van der Waals surface area (Å²) in [6, 6.07) is 8.05. The summed E-state index contributed by atoms with van der Waals surface area (Å²) in [5.41, 5.74) is 2.13. The molecule has 0 radical (unpaired) electrons. The molecule has 0 bridgehead atoms. The topological polar surface area (TPSA) is 97.2 Å². The summed E-state index contributed by atoms with van der Waals surface area (Å²) in [6.07, 6.45) is 12.8. The van der Waals surface area contributed by atoms with Crippen molar-refractivity contribution in [2.45, 2.75) is 70.9 Å². The number of esters is 1. The predicted octanol–water partition coefficient (Wildman–Crippen LogP) is 4.88. The fraction of sp³-hybridized carbons (Fsp3) is 0.581. The molecule has 7 atom stereocenters. The van der Waals surface area contributed by atoms with Crippen molar-refractivity contribution in [3.8, 4) is 0 Å². The molecule has 0 unspecified atom stereocenters. The van der Waals surface area contributed by atoms with Crippen LogP contribution in [0.4, 0.5) is 0 Å². The maximum absolute atomic E-state index is 12.5. The third-order valence-corrected chi connectivity index (χ3v) is 10.4. The number of ether oxygens (including phenoxy) is 1. The number of rotatable bonds is 6. The van der Waals surface area contributed by atoms with E-state index in [1.165, 1.54) is 12.7 Å². The Hall–Kier alpha value is -2.93. The summed E-state index contributed by atoms with van der Waals surface area (Å²) >= 11 is 0. The van der Waals surface area contributed by atoms with Crippen LogP contribution in [0.2, 0.25) is 0 Å². The number of nitrogens with one attached hydrogen (secondary N) is 1. The molecule has 4 aliphatic carbocycles. The lowest BCUT2D eigenvalue weighted by Gasteiger charge is -2.58. The first-order valence-electron chi connectivity index (χ1n) is 13.8. The molecule has 2 N–H and O–H groups in total. The second kappa shape index (κ2) is 9.99. The Morgan fingerprint density at radius 3 is 2.58 bits per heavy atom. The van der Waals surface area contributed by atoms with Gasteiger partial charge in [0.2, 0.25) is 0 Å². The molecule has 0 saturated heterocycles. The molecule has 5 rings (SSSR count). The molecule has 0 heterocycles. The summed E-state index contributed by atoms with van der Waals surface area (Å²) < 4.78 is 4.85. The van der Waals surface area contributed by atoms with Gasteiger partial charge in [-0.3, -0.25) is 4.79 Å². The zero-order valence-electron chi connectivity index (χ0n) is 22.9. The number of amides is 1. The Labute approximate surface area is 225 Å². The Morgan fingerprint density at radius 1 is 1.11 bits per heavy atom. The van der Waals surface area contributed by atoms with Crippen LogP contribution in [0.15, 0.2) is 59.3 Å². The zero-order valence-corrected chi connectivity index (χ0v) is 22.9. The molecule has 0 aliphatic heterocycles. The molecule has 7 heteroatoms. The Kier molecular flexibility index (Phi) is 7.01. The number of allylic oxidation sites excluding steroid dienone is 4. The van der Waals surface area contributed by atoms with E-state index in [2.05, 4.69) is 36.5 Å². The molecule has 1 aromatic rings. The number of nitrogens with zero attached hydrogens (tertiary/aromatic N) is 1. The van der Waals surface area contributed by atoms with Crippen molar-refractivity contribution in [1.82, 2.24) is 5.32 Å². The van der Waals surface area contributed by atoms with E-state index in [0.717, 1.165) is 38.5 Å². The van der Waals surface area contributed by atoms with E-state index in [4.69, 9.17) is 9.57 Å². The molecule has 3 saturated carbocycles. The molecule has 7 nitrogen and oxygen atoms in total. The van der Waals surface area contributed by atoms with E-state index >= 15 is 0 Å². The van der Waals surface area contributed by atoms with Crippen molar-refractivity contribution in [2.75, 3.05) is 13.7 Å². The summed E-state index contributed by atoms with van der Waals surface area (Å²) in [5.74, 6) is 0.760. The summed E-state index contributed by atoms with van der Waals surface area (Å²) in [5, 5.41) is 18.0. The predicted molar refractivity (Wildman–Crippen MR) is 145 cm³/mol. The number of methoxy groups -OCH3 is 1. The van der Waals surface area contributed by atoms with Crippen LogP contribution in [0.3, 0.4) is 0 Å². The number of hydrogen-bond acceptors (Lipinski definition) is 6. The van der Waals surface area contributed by atoms with Gasteiger partial charge in [0.15, 0.2) is 12.6 Å². The molecule has 1 aromatic carbocycles. The minimum atomic E-state index is -0.904. The van der Waals surface area contributed by atoms with Crippen molar-refractivity contribution >= 4 is 17.6 Å². The number of fused-ring (bicyclic) bond motifs is 5. The van der Waals surface area contributed by atoms with Crippen molar-refractivity contribution in [3.05, 3.63) is 59.7 Å². The smallest absolute Gasteiger partial charge is 0.333 e. The Balaban J connectivity index is 1.22. The standard InChI is InChI=1S/C31H40N2O5/c1-29-15-12-22(33-38-19-26(34)32-27(28(35)37-4)20-8-6-5-7-9-20)18-21(29)10-11-23-24(29)13-16-30(2)25(23)14-17-31(30,3)36/h5-9,12,15,18,23-25,27,36H,10-11,13-14,16-17,19H2,1-4H3,(H,32,34)/t23-,24-,25+,27+,29+,30+,31+/m1/s1. The summed E-state index contributed by atoms with van der Waals surface area (Å²) in [4.78, 5) is 30.1. The fourth-order valence-corrected chi connectivity index (χ4v) is 7.92. The number of aliphatic hydroxyl groups is 1. The lowest BCUT2D eigenvalue weighted by Crippen LogP contribution is -2.53. The van der Waals surface area contributed by atoms with Crippen molar-refractivity contribution in [2.24, 2.45) is 33.7 Å². The van der Waals surface area contributed by atoms with Gasteiger partial charge in [-0.15, -0.1) is 0 Å². The molecule has 204 valence electrons. The molecule has 3 fully saturated rings. The van der Waals surface area contributed by atoms with Gasteiger partial charge in [-0.1, -0.05) is 61.0 Å². The lowest BCUT2D eigenvalue weighted by molar-refractivity contribution is -0.145. The first-order chi connectivity index (χ1) is 18.1. The van der Waals surface area contributed by atoms with Gasteiger partial charge in [-0.2, -0.15) is 0 Å². The largest absolute Gasteiger partial charge is 0.467 e. The lowest BCUT2D eigenvalue weighted by atomic mass is 9.47. The molecule has 4 aliphatic rings. The molecule has 0 spiro atoms. The normalized spacial score (nSPS) is 37.3. The van der Waals surface area contributed by atoms with Gasteiger partial charge >= 0.3 is 5.97 Å². The average molecular weight is 521 g/mol. The molecule has 0 aromatic heterocycles. The van der Waals surface area contributed by atoms with Crippen molar-refractivity contribution in [1.29, 1.82) is 0 Å². The molecule has 38 heavy (non-hydrogen) atoms. The van der Waals surface area contributed by atoms with E-state index in [9.17, 15) is 14.7 Å². The maximum atomic E-state index is 12.5. The van der Waals surface area contributed by atoms with Gasteiger partial charge < -0.3 is 20.0 Å². The number of carbonyl (C=O) groups is 2. The number of benzene rings is 1. The SMILES string of the molecule is COC(=O)[C@@H](NC(=O)CON=C1C=C[C@@]2(C)C(=C1)CC[C@@H]1[C@H]2CC[C@@]2(C)[C@H]1CC[C@]2(C)O)c1ccccc1. The van der Waals surface area contributed by atoms with Gasteiger partial charge in [-0.05, 0) is 86.3 Å². The van der Waals surface area contributed by atoms with Crippen LogP contribution in [0, 0.1) is 28.6 Å². The molecular weight excluding hydrogens is 480 g/mol. The summed E-state index contributed by atoms with van der Waals surface area (Å²) in [6.45, 7) is 6.41. The Bertz CT molecular complexity index is 1170. The third-order valence-electron chi connectivity index (χ3n) is 10.4. The quantitative estimate of drug-likeness (QED) is 0.412. The van der Waals surface area contributed by atoms with E-state index in [1.807, 2.05) is 19.1 Å². The Morgan fingerprint density at radius 2 is 1.84 bits per heavy atom. The first-order valence-corrected chi connectivity index (χ1v) is 13.8. The van der Waals surface area contributed by atoms with Crippen LogP contribution in [0.25, 0.3) is 0 Å². The molecular formula is C31H40N2O5. The summed E-state index contributed by atoms with van der Waals surface area (Å²) in [7, 11) is 1.29.